The third-order valence-electron chi connectivity index (χ3n) is 0.423. The molecule has 1 rings (SSSR count). The normalized spacial score (nSPS) is 13.6. The van der Waals surface area contributed by atoms with E-state index < -0.39 is 8.00 Å². The van der Waals surface area contributed by atoms with Crippen LogP contribution in [0, 0.1) is 0 Å². The number of hydrogen-bond acceptors (Lipinski definition) is 2. The number of nitrogens with one attached hydrogen (secondary N) is 2. The molecule has 2 unspecified atom stereocenters. The Morgan fingerprint density at radius 1 is 1.86 bits per heavy atom. The van der Waals surface area contributed by atoms with Crippen LogP contribution in [0.5, 0.6) is 0 Å². The first-order valence-electron chi connectivity index (χ1n) is 1.60. The third kappa shape index (κ3) is 1.67. The van der Waals surface area contributed by atoms with Crippen LogP contribution in [0.15, 0.2) is 0 Å². The van der Waals surface area contributed by atoms with Gasteiger partial charge in [0.2, 0.25) is 0 Å². The summed E-state index contributed by atoms with van der Waals surface area (Å²) in [5, 5.41) is 0. The zero-order valence-electron chi connectivity index (χ0n) is 3.42. The molecule has 0 aliphatic carbocycles. The van der Waals surface area contributed by atoms with Crippen LogP contribution in [0.1, 0.15) is 0 Å². The fourth-order valence-electron chi connectivity index (χ4n) is 0.197. The molecule has 0 saturated carbocycles. The van der Waals surface area contributed by atoms with E-state index in [1.54, 1.807) is 0 Å². The average Bonchev–Trinajstić information content (AvgIpc) is 1.69. The smallest absolute Gasteiger partial charge is 0.139 e. The Hall–Kier alpha value is 0.260. The summed E-state index contributed by atoms with van der Waals surface area (Å²) in [6, 6.07) is 0. The first kappa shape index (κ1) is 5.40. The number of H-pyrrole nitrogens is 2. The number of nitrogen functional groups attached to an aromatic ring is 1. The van der Waals surface area contributed by atoms with Gasteiger partial charge >= 0.3 is 0 Å². The van der Waals surface area contributed by atoms with E-state index >= 15 is 0 Å². The maximum atomic E-state index is 5.42. The highest BCUT2D eigenvalue weighted by molar-refractivity contribution is 7.52. The number of aromatic amines is 2. The number of hydrogen-bond donors (Lipinski definition) is 3. The van der Waals surface area contributed by atoms with Crippen LogP contribution in [0.2, 0.25) is 0 Å². The third-order valence-corrected chi connectivity index (χ3v) is 3.81. The molecule has 0 spiro atoms. The SMILES string of the molecule is Np1[nH]pn[pH][nH]1. The van der Waals surface area contributed by atoms with Crippen molar-refractivity contribution in [3.05, 3.63) is 0 Å². The van der Waals surface area contributed by atoms with Crippen molar-refractivity contribution in [1.82, 2.24) is 13.5 Å². The van der Waals surface area contributed by atoms with E-state index in [9.17, 15) is 0 Å². The molecule has 0 bridgehead atoms. The van der Waals surface area contributed by atoms with Gasteiger partial charge in [-0.3, -0.25) is 14.5 Å². The molecule has 0 aliphatic rings. The van der Waals surface area contributed by atoms with Crippen molar-refractivity contribution < 1.29 is 0 Å². The number of nitrogens with two attached hydrogens (primary N) is 1. The maximum Gasteiger partial charge on any atom is 0.139 e. The van der Waals surface area contributed by atoms with Gasteiger partial charge in [0, 0.05) is 8.51 Å². The highest BCUT2D eigenvalue weighted by atomic mass is 31.2. The van der Waals surface area contributed by atoms with E-state index in [-0.39, 0.29) is 0 Å². The zero-order chi connectivity index (χ0) is 5.11. The minimum absolute atomic E-state index is 0.486. The van der Waals surface area contributed by atoms with Gasteiger partial charge in [0.05, 0.1) is 0 Å². The standard InChI is InChI=1S/H5N4P3/c1-7-3-5-2-6-4-7/h3,5H,1H2,(H,2,4). The van der Waals surface area contributed by atoms with Gasteiger partial charge in [-0.15, -0.1) is 0 Å². The summed E-state index contributed by atoms with van der Waals surface area (Å²) in [4.78, 5) is 0. The monoisotopic (exact) mass is 154 g/mol. The average molecular weight is 154 g/mol. The van der Waals surface area contributed by atoms with Gasteiger partial charge in [-0.25, -0.2) is 0 Å². The predicted molar refractivity (Wildman–Crippen MR) is 35.4 cm³/mol. The largest absolute Gasteiger partial charge is 0.298 e. The Kier molecular flexibility index (Phi) is 1.96. The van der Waals surface area contributed by atoms with Crippen LogP contribution in [-0.2, 0) is 0 Å². The second kappa shape index (κ2) is 2.54. The minimum atomic E-state index is -0.585. The lowest BCUT2D eigenvalue weighted by Crippen LogP contribution is -1.76. The van der Waals surface area contributed by atoms with Crippen molar-refractivity contribution in [3.8, 4) is 0 Å². The molecular weight excluding hydrogens is 149 g/mol. The Morgan fingerprint density at radius 3 is 3.00 bits per heavy atom. The number of nitrogens with zero attached hydrogens (tertiary/aromatic N) is 1. The molecular formula is H5N4P3. The van der Waals surface area contributed by atoms with E-state index in [0.29, 0.717) is 8.51 Å². The molecule has 4 N–H and O–H groups in total. The van der Waals surface area contributed by atoms with Crippen LogP contribution < -0.4 is 5.50 Å². The predicted octanol–water partition coefficient (Wildman–Crippen LogP) is 1.17. The zero-order valence-corrected chi connectivity index (χ0v) is 6.21. The second-order valence-corrected chi connectivity index (χ2v) is 4.55. The Bertz CT molecular complexity index is 137. The van der Waals surface area contributed by atoms with Crippen LogP contribution in [0.4, 0.5) is 0 Å². The van der Waals surface area contributed by atoms with Crippen molar-refractivity contribution in [3.63, 3.8) is 0 Å². The quantitative estimate of drug-likeness (QED) is 0.524. The summed E-state index contributed by atoms with van der Waals surface area (Å²) in [6.07, 6.45) is 0. The van der Waals surface area contributed by atoms with E-state index in [1.165, 1.54) is 0 Å². The molecule has 0 amide bonds. The molecule has 1 aromatic heterocycles. The van der Waals surface area contributed by atoms with Gasteiger partial charge in [0.15, 0.2) is 0 Å². The maximum absolute atomic E-state index is 5.42. The Labute approximate surface area is 44.9 Å². The van der Waals surface area contributed by atoms with Crippen LogP contribution in [-0.4, -0.2) is 13.5 Å². The molecule has 0 aliphatic heterocycles. The van der Waals surface area contributed by atoms with E-state index in [1.807, 2.05) is 0 Å². The molecule has 40 valence electrons. The summed E-state index contributed by atoms with van der Waals surface area (Å²) in [5.41, 5.74) is 5.42. The Balaban J connectivity index is 3.02. The van der Waals surface area contributed by atoms with E-state index in [0.717, 1.165) is 8.51 Å². The molecule has 2 atom stereocenters. The van der Waals surface area contributed by atoms with Gasteiger partial charge in [0.1, 0.15) is 16.5 Å². The van der Waals surface area contributed by atoms with Crippen LogP contribution in [0.25, 0.3) is 0 Å². The molecule has 0 radical (unpaired) electrons. The van der Waals surface area contributed by atoms with Gasteiger partial charge in [-0.1, -0.05) is 0 Å². The molecule has 7 heavy (non-hydrogen) atoms. The molecule has 7 heteroatoms. The first-order chi connectivity index (χ1) is 3.39. The highest BCUT2D eigenvalue weighted by Crippen LogP contribution is 2.10. The van der Waals surface area contributed by atoms with Gasteiger partial charge in [0.25, 0.3) is 0 Å². The minimum Gasteiger partial charge on any atom is -0.298 e. The Morgan fingerprint density at radius 2 is 2.71 bits per heavy atom. The first-order valence-corrected chi connectivity index (χ1v) is 4.81. The lowest BCUT2D eigenvalue weighted by Gasteiger charge is -1.86. The molecule has 1 heterocycles. The molecule has 0 aromatic carbocycles. The molecule has 4 nitrogen and oxygen atoms in total. The summed E-state index contributed by atoms with van der Waals surface area (Å²) in [7, 11) is 0.822. The van der Waals surface area contributed by atoms with Crippen molar-refractivity contribution in [1.29, 1.82) is 0 Å². The number of rotatable bonds is 0. The fourth-order valence-corrected chi connectivity index (χ4v) is 3.03. The summed E-state index contributed by atoms with van der Waals surface area (Å²) in [5.74, 6) is 0. The van der Waals surface area contributed by atoms with E-state index in [2.05, 4.69) is 13.5 Å². The van der Waals surface area contributed by atoms with E-state index in [4.69, 9.17) is 5.50 Å². The van der Waals surface area contributed by atoms with Gasteiger partial charge < -0.3 is 0 Å². The topological polar surface area (TPSA) is 70.5 Å². The highest BCUT2D eigenvalue weighted by Gasteiger charge is 1.70. The molecule has 0 saturated heterocycles. The van der Waals surface area contributed by atoms with Crippen molar-refractivity contribution in [2.45, 2.75) is 0 Å². The van der Waals surface area contributed by atoms with Crippen molar-refractivity contribution in [2.75, 3.05) is 5.50 Å². The van der Waals surface area contributed by atoms with Crippen molar-refractivity contribution in [2.24, 2.45) is 0 Å². The fraction of sp³-hybridized carbons (Fsp3) is 0. The van der Waals surface area contributed by atoms with Crippen molar-refractivity contribution >= 4 is 25.0 Å². The lowest BCUT2D eigenvalue weighted by atomic mass is 13.8. The second-order valence-electron chi connectivity index (χ2n) is 0.894. The number of aromatic nitrogens is 3. The van der Waals surface area contributed by atoms with Crippen LogP contribution in [0.3, 0.4) is 0 Å². The summed E-state index contributed by atoms with van der Waals surface area (Å²) < 4.78 is 9.84. The van der Waals surface area contributed by atoms with Gasteiger partial charge in [-0.05, 0) is 0 Å². The van der Waals surface area contributed by atoms with Gasteiger partial charge in [-0.2, -0.15) is 4.51 Å². The summed E-state index contributed by atoms with van der Waals surface area (Å²) >= 11 is 0. The van der Waals surface area contributed by atoms with Crippen LogP contribution >= 0.6 is 25.0 Å². The molecule has 0 fully saturated rings. The molecule has 1 aromatic rings. The lowest BCUT2D eigenvalue weighted by molar-refractivity contribution is 1.66. The summed E-state index contributed by atoms with van der Waals surface area (Å²) in [6.45, 7) is 0.